The van der Waals surface area contributed by atoms with Crippen molar-refractivity contribution >= 4 is 39.0 Å². The Kier molecular flexibility index (Phi) is 7.45. The second-order valence-electron chi connectivity index (χ2n) is 5.38. The van der Waals surface area contributed by atoms with Gasteiger partial charge < -0.3 is 13.8 Å². The van der Waals surface area contributed by atoms with Crippen LogP contribution in [-0.2, 0) is 21.4 Å². The van der Waals surface area contributed by atoms with Gasteiger partial charge in [-0.05, 0) is 36.6 Å². The van der Waals surface area contributed by atoms with E-state index in [4.69, 9.17) is 20.5 Å². The number of ether oxygens (including phenoxy) is 1. The molecule has 26 heavy (non-hydrogen) atoms. The van der Waals surface area contributed by atoms with Gasteiger partial charge in [-0.15, -0.1) is 11.3 Å². The van der Waals surface area contributed by atoms with E-state index in [1.54, 1.807) is 36.3 Å². The number of rotatable bonds is 9. The predicted molar refractivity (Wildman–Crippen MR) is 102 cm³/mol. The number of methoxy groups -OCH3 is 1. The topological polar surface area (TPSA) is 72.9 Å². The minimum Gasteiger partial charge on any atom is -0.383 e. The van der Waals surface area contributed by atoms with Crippen LogP contribution in [0, 0.1) is 0 Å². The summed E-state index contributed by atoms with van der Waals surface area (Å²) in [6.07, 6.45) is 0. The van der Waals surface area contributed by atoms with Crippen molar-refractivity contribution < 1.29 is 22.1 Å². The van der Waals surface area contributed by atoms with E-state index in [2.05, 4.69) is 0 Å². The fraction of sp³-hybridized carbons (Fsp3) is 0.353. The minimum atomic E-state index is -3.69. The van der Waals surface area contributed by atoms with Crippen LogP contribution < -0.4 is 4.18 Å². The van der Waals surface area contributed by atoms with Crippen LogP contribution in [-0.4, -0.2) is 45.2 Å². The Balaban J connectivity index is 2.31. The summed E-state index contributed by atoms with van der Waals surface area (Å²) in [5.41, 5.74) is 0.510. The lowest BCUT2D eigenvalue weighted by molar-refractivity contribution is 0.0684. The average Bonchev–Trinajstić information content (AvgIpc) is 3.14. The number of nitrogens with zero attached hydrogens (tertiary/aromatic N) is 1. The zero-order chi connectivity index (χ0) is 19.2. The molecule has 1 amide bonds. The first-order valence-electron chi connectivity index (χ1n) is 7.88. The SMILES string of the molecule is CCS(=O)(=O)Oc1ccc(Cl)cc1CN(CCOC)C(=O)c1cccs1. The molecule has 2 aromatic rings. The van der Waals surface area contributed by atoms with Crippen LogP contribution in [0.15, 0.2) is 35.7 Å². The molecular weight excluding hydrogens is 398 g/mol. The highest BCUT2D eigenvalue weighted by atomic mass is 35.5. The first-order chi connectivity index (χ1) is 12.4. The molecule has 0 aliphatic rings. The number of hydrogen-bond acceptors (Lipinski definition) is 6. The number of hydrogen-bond donors (Lipinski definition) is 0. The summed E-state index contributed by atoms with van der Waals surface area (Å²) in [7, 11) is -2.14. The summed E-state index contributed by atoms with van der Waals surface area (Å²) in [6.45, 7) is 2.34. The average molecular weight is 418 g/mol. The van der Waals surface area contributed by atoms with E-state index < -0.39 is 10.1 Å². The van der Waals surface area contributed by atoms with Gasteiger partial charge in [0.15, 0.2) is 0 Å². The van der Waals surface area contributed by atoms with E-state index in [9.17, 15) is 13.2 Å². The number of benzene rings is 1. The van der Waals surface area contributed by atoms with Crippen LogP contribution in [0.4, 0.5) is 0 Å². The molecule has 0 aliphatic carbocycles. The molecule has 0 saturated heterocycles. The van der Waals surface area contributed by atoms with Crippen molar-refractivity contribution in [3.05, 3.63) is 51.2 Å². The summed E-state index contributed by atoms with van der Waals surface area (Å²) >= 11 is 7.40. The fourth-order valence-corrected chi connectivity index (χ4v) is 3.60. The van der Waals surface area contributed by atoms with Crippen molar-refractivity contribution in [3.8, 4) is 5.75 Å². The summed E-state index contributed by atoms with van der Waals surface area (Å²) in [4.78, 5) is 14.9. The lowest BCUT2D eigenvalue weighted by atomic mass is 10.2. The third kappa shape index (κ3) is 5.70. The van der Waals surface area contributed by atoms with E-state index in [0.29, 0.717) is 28.6 Å². The fourth-order valence-electron chi connectivity index (χ4n) is 2.16. The van der Waals surface area contributed by atoms with E-state index in [1.807, 2.05) is 5.38 Å². The van der Waals surface area contributed by atoms with E-state index >= 15 is 0 Å². The van der Waals surface area contributed by atoms with Crippen LogP contribution in [0.5, 0.6) is 5.75 Å². The van der Waals surface area contributed by atoms with E-state index in [-0.39, 0.29) is 24.0 Å². The monoisotopic (exact) mass is 417 g/mol. The summed E-state index contributed by atoms with van der Waals surface area (Å²) in [6, 6.07) is 8.18. The van der Waals surface area contributed by atoms with Gasteiger partial charge in [-0.2, -0.15) is 8.42 Å². The third-order valence-corrected chi connectivity index (χ3v) is 5.77. The molecule has 9 heteroatoms. The Labute approximate surface area is 162 Å². The molecule has 0 saturated carbocycles. The highest BCUT2D eigenvalue weighted by Gasteiger charge is 2.20. The smallest absolute Gasteiger partial charge is 0.308 e. The van der Waals surface area contributed by atoms with Gasteiger partial charge in [-0.3, -0.25) is 4.79 Å². The Morgan fingerprint density at radius 1 is 1.31 bits per heavy atom. The second-order valence-corrected chi connectivity index (χ2v) is 8.62. The quantitative estimate of drug-likeness (QED) is 0.584. The molecule has 2 rings (SSSR count). The highest BCUT2D eigenvalue weighted by molar-refractivity contribution is 7.87. The molecule has 0 atom stereocenters. The van der Waals surface area contributed by atoms with Crippen molar-refractivity contribution in [3.63, 3.8) is 0 Å². The van der Waals surface area contributed by atoms with Crippen LogP contribution in [0.1, 0.15) is 22.2 Å². The molecule has 1 aromatic carbocycles. The van der Waals surface area contributed by atoms with Crippen molar-refractivity contribution in [2.24, 2.45) is 0 Å². The Bertz CT molecular complexity index is 837. The summed E-state index contributed by atoms with van der Waals surface area (Å²) < 4.78 is 33.9. The zero-order valence-corrected chi connectivity index (χ0v) is 16.9. The largest absolute Gasteiger partial charge is 0.383 e. The zero-order valence-electron chi connectivity index (χ0n) is 14.5. The Morgan fingerprint density at radius 3 is 2.69 bits per heavy atom. The number of carbonyl (C=O) groups is 1. The van der Waals surface area contributed by atoms with Crippen molar-refractivity contribution in [1.82, 2.24) is 4.90 Å². The molecule has 0 unspecified atom stereocenters. The molecule has 0 radical (unpaired) electrons. The highest BCUT2D eigenvalue weighted by Crippen LogP contribution is 2.26. The molecular formula is C17H20ClNO5S2. The third-order valence-electron chi connectivity index (χ3n) is 3.54. The number of halogens is 1. The van der Waals surface area contributed by atoms with E-state index in [1.165, 1.54) is 24.3 Å². The van der Waals surface area contributed by atoms with Gasteiger partial charge in [-0.25, -0.2) is 0 Å². The number of amides is 1. The molecule has 0 aliphatic heterocycles. The van der Waals surface area contributed by atoms with Crippen LogP contribution in [0.25, 0.3) is 0 Å². The van der Waals surface area contributed by atoms with Crippen molar-refractivity contribution in [1.29, 1.82) is 0 Å². The van der Waals surface area contributed by atoms with Gasteiger partial charge >= 0.3 is 10.1 Å². The molecule has 0 bridgehead atoms. The Hall–Kier alpha value is -1.61. The first kappa shape index (κ1) is 20.7. The first-order valence-corrected chi connectivity index (χ1v) is 10.7. The molecule has 6 nitrogen and oxygen atoms in total. The Morgan fingerprint density at radius 2 is 2.08 bits per heavy atom. The second kappa shape index (κ2) is 9.36. The standard InChI is InChI=1S/C17H20ClNO5S2/c1-3-26(21,22)24-15-7-6-14(18)11-13(15)12-19(8-9-23-2)17(20)16-5-4-10-25-16/h4-7,10-11H,3,8-9,12H2,1-2H3. The van der Waals surface area contributed by atoms with Gasteiger partial charge in [0.1, 0.15) is 5.75 Å². The van der Waals surface area contributed by atoms with E-state index in [0.717, 1.165) is 0 Å². The van der Waals surface area contributed by atoms with Crippen LogP contribution in [0.2, 0.25) is 5.02 Å². The number of carbonyl (C=O) groups excluding carboxylic acids is 1. The number of thiophene rings is 1. The lowest BCUT2D eigenvalue weighted by Gasteiger charge is -2.23. The minimum absolute atomic E-state index is 0.148. The van der Waals surface area contributed by atoms with Gasteiger partial charge in [0.2, 0.25) is 0 Å². The van der Waals surface area contributed by atoms with Gasteiger partial charge in [0.05, 0.1) is 17.2 Å². The van der Waals surface area contributed by atoms with Crippen molar-refractivity contribution in [2.45, 2.75) is 13.5 Å². The van der Waals surface area contributed by atoms with Gasteiger partial charge in [0.25, 0.3) is 5.91 Å². The summed E-state index contributed by atoms with van der Waals surface area (Å²) in [5, 5.41) is 2.25. The maximum absolute atomic E-state index is 12.7. The summed E-state index contributed by atoms with van der Waals surface area (Å²) in [5.74, 6) is -0.157. The van der Waals surface area contributed by atoms with Gasteiger partial charge in [-0.1, -0.05) is 17.7 Å². The van der Waals surface area contributed by atoms with Gasteiger partial charge in [0, 0.05) is 30.8 Å². The normalized spacial score (nSPS) is 11.3. The van der Waals surface area contributed by atoms with Crippen molar-refractivity contribution in [2.75, 3.05) is 26.0 Å². The molecule has 1 heterocycles. The maximum Gasteiger partial charge on any atom is 0.308 e. The van der Waals surface area contributed by atoms with Crippen LogP contribution >= 0.6 is 22.9 Å². The maximum atomic E-state index is 12.7. The molecule has 0 N–H and O–H groups in total. The van der Waals surface area contributed by atoms with Crippen LogP contribution in [0.3, 0.4) is 0 Å². The molecule has 142 valence electrons. The molecule has 1 aromatic heterocycles. The predicted octanol–water partition coefficient (Wildman–Crippen LogP) is 3.42. The molecule has 0 fully saturated rings. The lowest BCUT2D eigenvalue weighted by Crippen LogP contribution is -2.33. The molecule has 0 spiro atoms.